The molecule has 1 N–H and O–H groups in total. The number of carbonyl (C=O) groups is 1. The molecule has 0 saturated carbocycles. The van der Waals surface area contributed by atoms with Crippen LogP contribution in [0.4, 0.5) is 0 Å². The van der Waals surface area contributed by atoms with Gasteiger partial charge in [-0.05, 0) is 29.3 Å². The number of methoxy groups -OCH3 is 1. The third-order valence-electron chi connectivity index (χ3n) is 8.48. The van der Waals surface area contributed by atoms with Gasteiger partial charge in [-0.3, -0.25) is 13.9 Å². The van der Waals surface area contributed by atoms with Gasteiger partial charge in [0.15, 0.2) is 5.65 Å². The molecule has 0 fully saturated rings. The van der Waals surface area contributed by atoms with Crippen LogP contribution in [0.15, 0.2) is 64.2 Å². The minimum absolute atomic E-state index is 0.0902. The molecule has 0 bridgehead atoms. The summed E-state index contributed by atoms with van der Waals surface area (Å²) < 4.78 is 56.0. The smallest absolute Gasteiger partial charge is 0.332 e. The molecule has 4 aromatic rings. The van der Waals surface area contributed by atoms with E-state index in [9.17, 15) is 19.6 Å². The fraction of sp³-hybridized carbons (Fsp3) is 0.500. The lowest BCUT2D eigenvalue weighted by molar-refractivity contribution is -0.139. The monoisotopic (exact) mass is 837 g/mol. The van der Waals surface area contributed by atoms with Crippen molar-refractivity contribution in [2.75, 3.05) is 126 Å². The Labute approximate surface area is 348 Å². The molecule has 0 amide bonds. The van der Waals surface area contributed by atoms with E-state index in [0.717, 1.165) is 15.7 Å². The summed E-state index contributed by atoms with van der Waals surface area (Å²) in [6, 6.07) is 16.1. The van der Waals surface area contributed by atoms with Gasteiger partial charge in [0.2, 0.25) is 0 Å². The van der Waals surface area contributed by atoms with E-state index in [0.29, 0.717) is 123 Å². The second-order valence-corrected chi connectivity index (χ2v) is 12.8. The van der Waals surface area contributed by atoms with Gasteiger partial charge in [0.1, 0.15) is 17.9 Å². The fourth-order valence-electron chi connectivity index (χ4n) is 5.39. The molecule has 0 aliphatic carbocycles. The minimum atomic E-state index is -0.524. The number of nitrogens with one attached hydrogen (secondary N) is 1. The Bertz CT molecular complexity index is 2040. The lowest BCUT2D eigenvalue weighted by Crippen LogP contribution is -2.38. The number of benzene rings is 2. The SMILES string of the molecule is COCCOCCOCCOCCOCCOCCOCCOCCOCCOC(=O)C=Cc1ccc(-c2nc3c([nH]2)c(=O)n(C)c(=O)n3Cc2cccc(C#N)c2)cc1. The lowest BCUT2D eigenvalue weighted by Gasteiger charge is -2.09. The lowest BCUT2D eigenvalue weighted by atomic mass is 10.1. The molecule has 0 aliphatic rings. The highest BCUT2D eigenvalue weighted by atomic mass is 16.6. The standard InChI is InChI=1S/C42H55N5O13/c1-46-41(49)38-40(47(42(46)50)32-35-5-3-4-34(30-35)31-43)45-39(44-38)36-9-6-33(7-10-36)8-11-37(48)60-29-28-59-27-26-58-25-24-57-23-22-56-21-20-55-19-18-54-17-16-53-15-14-52-13-12-51-2/h3-11,30H,12-29,32H2,1-2H3,(H,44,45). The molecular weight excluding hydrogens is 782 g/mol. The highest BCUT2D eigenvalue weighted by molar-refractivity contribution is 5.87. The van der Waals surface area contributed by atoms with E-state index in [4.69, 9.17) is 47.4 Å². The minimum Gasteiger partial charge on any atom is -0.460 e. The van der Waals surface area contributed by atoms with Crippen molar-refractivity contribution in [2.24, 2.45) is 7.05 Å². The van der Waals surface area contributed by atoms with E-state index in [1.54, 1.807) is 61.7 Å². The van der Waals surface area contributed by atoms with Crippen molar-refractivity contribution in [3.05, 3.63) is 92.1 Å². The van der Waals surface area contributed by atoms with Crippen LogP contribution in [0.25, 0.3) is 28.6 Å². The molecule has 0 spiro atoms. The van der Waals surface area contributed by atoms with Gasteiger partial charge in [-0.15, -0.1) is 0 Å². The molecule has 0 saturated heterocycles. The molecule has 0 unspecified atom stereocenters. The number of aromatic amines is 1. The van der Waals surface area contributed by atoms with Crippen molar-refractivity contribution >= 4 is 23.2 Å². The summed E-state index contributed by atoms with van der Waals surface area (Å²) in [5, 5.41) is 9.26. The summed E-state index contributed by atoms with van der Waals surface area (Å²) >= 11 is 0. The van der Waals surface area contributed by atoms with Gasteiger partial charge in [-0.2, -0.15) is 5.26 Å². The van der Waals surface area contributed by atoms with Crippen LogP contribution in [0, 0.1) is 11.3 Å². The summed E-state index contributed by atoms with van der Waals surface area (Å²) in [5.41, 5.74) is 1.95. The van der Waals surface area contributed by atoms with Gasteiger partial charge in [0.05, 0.1) is 130 Å². The number of aromatic nitrogens is 4. The summed E-state index contributed by atoms with van der Waals surface area (Å²) in [6.07, 6.45) is 2.94. The fourth-order valence-corrected chi connectivity index (χ4v) is 5.39. The van der Waals surface area contributed by atoms with Crippen molar-refractivity contribution in [1.82, 2.24) is 19.1 Å². The van der Waals surface area contributed by atoms with Gasteiger partial charge < -0.3 is 52.4 Å². The maximum Gasteiger partial charge on any atom is 0.332 e. The van der Waals surface area contributed by atoms with Crippen LogP contribution in [0.1, 0.15) is 16.7 Å². The molecule has 60 heavy (non-hydrogen) atoms. The maximum atomic E-state index is 13.1. The van der Waals surface area contributed by atoms with Crippen LogP contribution in [-0.4, -0.2) is 151 Å². The zero-order chi connectivity index (χ0) is 42.6. The second kappa shape index (κ2) is 28.4. The first-order chi connectivity index (χ1) is 29.4. The van der Waals surface area contributed by atoms with E-state index in [2.05, 4.69) is 16.0 Å². The number of fused-ring (bicyclic) bond motifs is 1. The second-order valence-electron chi connectivity index (χ2n) is 12.8. The Morgan fingerprint density at radius 3 is 1.72 bits per heavy atom. The van der Waals surface area contributed by atoms with Crippen LogP contribution in [-0.2, 0) is 65.8 Å². The third-order valence-corrected chi connectivity index (χ3v) is 8.48. The van der Waals surface area contributed by atoms with E-state index in [1.165, 1.54) is 17.7 Å². The summed E-state index contributed by atoms with van der Waals surface area (Å²) in [7, 11) is 3.04. The Balaban J connectivity index is 0.989. The first kappa shape index (κ1) is 47.6. The van der Waals surface area contributed by atoms with Crippen molar-refractivity contribution in [2.45, 2.75) is 6.54 Å². The number of H-pyrrole nitrogens is 1. The molecule has 0 atom stereocenters. The van der Waals surface area contributed by atoms with Gasteiger partial charge in [-0.1, -0.05) is 36.4 Å². The molecule has 2 heterocycles. The van der Waals surface area contributed by atoms with E-state index < -0.39 is 17.2 Å². The topological polar surface area (TPSA) is 206 Å². The summed E-state index contributed by atoms with van der Waals surface area (Å²) in [5.74, 6) is -0.118. The molecule has 2 aromatic carbocycles. The molecule has 326 valence electrons. The van der Waals surface area contributed by atoms with Crippen LogP contribution >= 0.6 is 0 Å². The molecular formula is C42H55N5O13. The summed E-state index contributed by atoms with van der Waals surface area (Å²) in [4.78, 5) is 45.9. The highest BCUT2D eigenvalue weighted by Crippen LogP contribution is 2.20. The normalized spacial score (nSPS) is 11.5. The van der Waals surface area contributed by atoms with Crippen LogP contribution in [0.2, 0.25) is 0 Å². The van der Waals surface area contributed by atoms with Gasteiger partial charge in [0.25, 0.3) is 5.56 Å². The Kier molecular flexibility index (Phi) is 22.5. The largest absolute Gasteiger partial charge is 0.460 e. The predicted molar refractivity (Wildman–Crippen MR) is 220 cm³/mol. The van der Waals surface area contributed by atoms with Crippen LogP contribution in [0.3, 0.4) is 0 Å². The van der Waals surface area contributed by atoms with E-state index in [-0.39, 0.29) is 30.9 Å². The number of esters is 1. The van der Waals surface area contributed by atoms with Crippen molar-refractivity contribution < 1.29 is 52.2 Å². The Morgan fingerprint density at radius 2 is 1.22 bits per heavy atom. The average Bonchev–Trinajstić information content (AvgIpc) is 3.72. The zero-order valence-corrected chi connectivity index (χ0v) is 34.3. The van der Waals surface area contributed by atoms with Crippen molar-refractivity contribution in [3.63, 3.8) is 0 Å². The highest BCUT2D eigenvalue weighted by Gasteiger charge is 2.17. The predicted octanol–water partition coefficient (Wildman–Crippen LogP) is 2.35. The Hall–Kier alpha value is -5.07. The first-order valence-electron chi connectivity index (χ1n) is 19.7. The van der Waals surface area contributed by atoms with E-state index in [1.807, 2.05) is 0 Å². The zero-order valence-electron chi connectivity index (χ0n) is 34.3. The van der Waals surface area contributed by atoms with E-state index >= 15 is 0 Å². The molecule has 4 rings (SSSR count). The number of imidazole rings is 1. The number of hydrogen-bond donors (Lipinski definition) is 1. The van der Waals surface area contributed by atoms with Crippen molar-refractivity contribution in [3.8, 4) is 17.5 Å². The molecule has 18 heteroatoms. The molecule has 0 aliphatic heterocycles. The number of carbonyl (C=O) groups excluding carboxylic acids is 1. The van der Waals surface area contributed by atoms with Gasteiger partial charge in [-0.25, -0.2) is 14.6 Å². The number of rotatable bonds is 32. The number of nitriles is 1. The van der Waals surface area contributed by atoms with Crippen LogP contribution < -0.4 is 11.2 Å². The Morgan fingerprint density at radius 1 is 0.717 bits per heavy atom. The van der Waals surface area contributed by atoms with Gasteiger partial charge >= 0.3 is 11.7 Å². The van der Waals surface area contributed by atoms with Crippen LogP contribution in [0.5, 0.6) is 0 Å². The third kappa shape index (κ3) is 17.3. The number of hydrogen-bond acceptors (Lipinski definition) is 15. The average molecular weight is 838 g/mol. The maximum absolute atomic E-state index is 13.1. The number of nitrogens with zero attached hydrogens (tertiary/aromatic N) is 4. The summed E-state index contributed by atoms with van der Waals surface area (Å²) in [6.45, 7) is 8.07. The first-order valence-corrected chi connectivity index (χ1v) is 19.7. The molecule has 2 aromatic heterocycles. The molecule has 18 nitrogen and oxygen atoms in total. The van der Waals surface area contributed by atoms with Gasteiger partial charge in [0, 0.05) is 25.8 Å². The van der Waals surface area contributed by atoms with Crippen molar-refractivity contribution in [1.29, 1.82) is 5.26 Å². The quantitative estimate of drug-likeness (QED) is 0.0426. The molecule has 0 radical (unpaired) electrons. The number of ether oxygens (including phenoxy) is 10.